The second-order valence-electron chi connectivity index (χ2n) is 12.5. The van der Waals surface area contributed by atoms with E-state index in [0.29, 0.717) is 34.2 Å². The average Bonchev–Trinajstić information content (AvgIpc) is 3.14. The molecule has 1 aliphatic heterocycles. The van der Waals surface area contributed by atoms with Gasteiger partial charge in [-0.1, -0.05) is 103 Å². The van der Waals surface area contributed by atoms with Crippen LogP contribution in [-0.2, 0) is 5.60 Å². The Kier molecular flexibility index (Phi) is 7.31. The normalized spacial score (nSPS) is 12.7. The largest absolute Gasteiger partial charge is 0.482 e. The molecule has 6 aromatic carbocycles. The minimum atomic E-state index is -0.515. The molecular formula is C43H29FN4O. The quantitative estimate of drug-likeness (QED) is 0.188. The minimum Gasteiger partial charge on any atom is -0.482 e. The van der Waals surface area contributed by atoms with Gasteiger partial charge in [0.15, 0.2) is 17.5 Å². The van der Waals surface area contributed by atoms with Gasteiger partial charge in [0, 0.05) is 33.4 Å². The van der Waals surface area contributed by atoms with Crippen LogP contribution in [0.4, 0.5) is 4.39 Å². The summed E-state index contributed by atoms with van der Waals surface area (Å²) in [6, 6.07) is 46.4. The van der Waals surface area contributed by atoms with E-state index in [1.807, 2.05) is 129 Å². The van der Waals surface area contributed by atoms with Crippen molar-refractivity contribution < 1.29 is 9.13 Å². The van der Waals surface area contributed by atoms with E-state index in [4.69, 9.17) is 19.7 Å². The van der Waals surface area contributed by atoms with Gasteiger partial charge in [-0.05, 0) is 72.5 Å². The highest BCUT2D eigenvalue weighted by atomic mass is 19.1. The first-order chi connectivity index (χ1) is 23.9. The SMILES string of the molecule is CC1(C)Oc2ccccc2-c2cc(-c3ccc(-c4nc(-c5ccccc5)nc(-c5cccc(-c6ccc(C#N)cc6)c5)n4)cc3F)ccc21. The van der Waals surface area contributed by atoms with E-state index in [1.54, 1.807) is 18.2 Å². The van der Waals surface area contributed by atoms with Gasteiger partial charge in [0.2, 0.25) is 0 Å². The van der Waals surface area contributed by atoms with Crippen LogP contribution in [0.25, 0.3) is 67.5 Å². The van der Waals surface area contributed by atoms with Crippen molar-refractivity contribution in [2.45, 2.75) is 19.4 Å². The number of benzene rings is 6. The summed E-state index contributed by atoms with van der Waals surface area (Å²) in [4.78, 5) is 14.5. The van der Waals surface area contributed by atoms with E-state index in [2.05, 4.69) is 6.07 Å². The molecule has 49 heavy (non-hydrogen) atoms. The fourth-order valence-corrected chi connectivity index (χ4v) is 6.38. The molecule has 0 atom stereocenters. The highest BCUT2D eigenvalue weighted by Crippen LogP contribution is 2.46. The zero-order chi connectivity index (χ0) is 33.5. The third kappa shape index (κ3) is 5.62. The van der Waals surface area contributed by atoms with Crippen molar-refractivity contribution in [3.05, 3.63) is 156 Å². The van der Waals surface area contributed by atoms with Crippen LogP contribution in [0.2, 0.25) is 0 Å². The molecule has 0 bridgehead atoms. The van der Waals surface area contributed by atoms with Crippen LogP contribution in [0.5, 0.6) is 5.75 Å². The Morgan fingerprint density at radius 2 is 1.14 bits per heavy atom. The third-order valence-corrected chi connectivity index (χ3v) is 8.88. The molecule has 8 rings (SSSR count). The molecule has 2 heterocycles. The highest BCUT2D eigenvalue weighted by molar-refractivity contribution is 5.82. The molecule has 234 valence electrons. The number of halogens is 1. The van der Waals surface area contributed by atoms with Gasteiger partial charge in [-0.2, -0.15) is 5.26 Å². The van der Waals surface area contributed by atoms with Gasteiger partial charge in [-0.3, -0.25) is 0 Å². The number of para-hydroxylation sites is 1. The van der Waals surface area contributed by atoms with Crippen LogP contribution >= 0.6 is 0 Å². The zero-order valence-electron chi connectivity index (χ0n) is 26.9. The molecule has 0 N–H and O–H groups in total. The summed E-state index contributed by atoms with van der Waals surface area (Å²) in [6.45, 7) is 4.10. The number of hydrogen-bond donors (Lipinski definition) is 0. The van der Waals surface area contributed by atoms with Gasteiger partial charge in [-0.25, -0.2) is 19.3 Å². The lowest BCUT2D eigenvalue weighted by molar-refractivity contribution is 0.106. The number of nitriles is 1. The number of ether oxygens (including phenoxy) is 1. The molecule has 0 spiro atoms. The van der Waals surface area contributed by atoms with Crippen molar-refractivity contribution in [2.24, 2.45) is 0 Å². The molecule has 0 saturated heterocycles. The molecule has 0 amide bonds. The van der Waals surface area contributed by atoms with Gasteiger partial charge < -0.3 is 4.74 Å². The fraction of sp³-hybridized carbons (Fsp3) is 0.0698. The van der Waals surface area contributed by atoms with Gasteiger partial charge in [0.05, 0.1) is 11.6 Å². The van der Waals surface area contributed by atoms with Crippen LogP contribution in [-0.4, -0.2) is 15.0 Å². The lowest BCUT2D eigenvalue weighted by Crippen LogP contribution is -2.29. The summed E-state index contributed by atoms with van der Waals surface area (Å²) in [7, 11) is 0. The maximum absolute atomic E-state index is 16.1. The minimum absolute atomic E-state index is 0.372. The van der Waals surface area contributed by atoms with E-state index < -0.39 is 5.60 Å². The molecule has 0 fully saturated rings. The summed E-state index contributed by atoms with van der Waals surface area (Å²) in [5, 5.41) is 9.21. The molecule has 0 aliphatic carbocycles. The van der Waals surface area contributed by atoms with Crippen LogP contribution < -0.4 is 4.74 Å². The number of fused-ring (bicyclic) bond motifs is 3. The summed E-state index contributed by atoms with van der Waals surface area (Å²) < 4.78 is 22.4. The van der Waals surface area contributed by atoms with E-state index in [9.17, 15) is 5.26 Å². The van der Waals surface area contributed by atoms with Gasteiger partial charge in [-0.15, -0.1) is 0 Å². The van der Waals surface area contributed by atoms with Crippen molar-refractivity contribution in [2.75, 3.05) is 0 Å². The number of nitrogens with zero attached hydrogens (tertiary/aromatic N) is 4. The smallest absolute Gasteiger partial charge is 0.164 e. The highest BCUT2D eigenvalue weighted by Gasteiger charge is 2.32. The predicted molar refractivity (Wildman–Crippen MR) is 191 cm³/mol. The molecule has 1 aromatic heterocycles. The Hall–Kier alpha value is -6.45. The van der Waals surface area contributed by atoms with Gasteiger partial charge in [0.25, 0.3) is 0 Å². The van der Waals surface area contributed by atoms with E-state index in [0.717, 1.165) is 50.3 Å². The second-order valence-corrected chi connectivity index (χ2v) is 12.5. The van der Waals surface area contributed by atoms with E-state index >= 15 is 4.39 Å². The molecule has 0 radical (unpaired) electrons. The number of hydrogen-bond acceptors (Lipinski definition) is 5. The lowest BCUT2D eigenvalue weighted by atomic mass is 9.84. The van der Waals surface area contributed by atoms with E-state index in [1.165, 1.54) is 6.07 Å². The average molecular weight is 637 g/mol. The number of rotatable bonds is 5. The van der Waals surface area contributed by atoms with Crippen molar-refractivity contribution in [1.29, 1.82) is 5.26 Å². The topological polar surface area (TPSA) is 71.7 Å². The summed E-state index contributed by atoms with van der Waals surface area (Å²) >= 11 is 0. The molecular weight excluding hydrogens is 607 g/mol. The Morgan fingerprint density at radius 1 is 0.531 bits per heavy atom. The van der Waals surface area contributed by atoms with E-state index in [-0.39, 0.29) is 5.82 Å². The lowest BCUT2D eigenvalue weighted by Gasteiger charge is -2.35. The Morgan fingerprint density at radius 3 is 1.88 bits per heavy atom. The summed E-state index contributed by atoms with van der Waals surface area (Å²) in [6.07, 6.45) is 0. The van der Waals surface area contributed by atoms with Crippen molar-refractivity contribution in [3.63, 3.8) is 0 Å². The maximum Gasteiger partial charge on any atom is 0.164 e. The standard InChI is InChI=1S/C43H29FN4O/c1-43(2)37-22-20-31(24-36(37)35-13-6-7-14-39(35)49-43)34-21-19-33(25-38(34)44)42-47-40(29-9-4-3-5-10-29)46-41(48-42)32-12-8-11-30(23-32)28-17-15-27(26-45)16-18-28/h3-25H,1-2H3. The molecule has 0 unspecified atom stereocenters. The molecule has 6 heteroatoms. The Bertz CT molecular complexity index is 2410. The predicted octanol–water partition coefficient (Wildman–Crippen LogP) is 10.5. The van der Waals surface area contributed by atoms with Crippen molar-refractivity contribution in [1.82, 2.24) is 15.0 Å². The first-order valence-corrected chi connectivity index (χ1v) is 16.0. The molecule has 7 aromatic rings. The van der Waals surface area contributed by atoms with Crippen LogP contribution in [0.1, 0.15) is 25.0 Å². The zero-order valence-corrected chi connectivity index (χ0v) is 26.9. The molecule has 1 aliphatic rings. The fourth-order valence-electron chi connectivity index (χ4n) is 6.38. The summed E-state index contributed by atoms with van der Waals surface area (Å²) in [5.41, 5.74) is 8.52. The third-order valence-electron chi connectivity index (χ3n) is 8.88. The number of aromatic nitrogens is 3. The van der Waals surface area contributed by atoms with Crippen LogP contribution in [0.3, 0.4) is 0 Å². The van der Waals surface area contributed by atoms with Gasteiger partial charge in [0.1, 0.15) is 17.2 Å². The molecule has 0 saturated carbocycles. The Labute approximate surface area is 284 Å². The van der Waals surface area contributed by atoms with Crippen LogP contribution in [0, 0.1) is 17.1 Å². The summed E-state index contributed by atoms with van der Waals surface area (Å²) in [5.74, 6) is 1.78. The van der Waals surface area contributed by atoms with Crippen molar-refractivity contribution >= 4 is 0 Å². The maximum atomic E-state index is 16.1. The molecule has 5 nitrogen and oxygen atoms in total. The monoisotopic (exact) mass is 636 g/mol. The first-order valence-electron chi connectivity index (χ1n) is 16.0. The second kappa shape index (κ2) is 12.0. The van der Waals surface area contributed by atoms with Crippen LogP contribution in [0.15, 0.2) is 140 Å². The Balaban J connectivity index is 1.20. The van der Waals surface area contributed by atoms with Gasteiger partial charge >= 0.3 is 0 Å². The van der Waals surface area contributed by atoms with Crippen molar-refractivity contribution in [3.8, 4) is 79.4 Å². The first kappa shape index (κ1) is 29.9.